The maximum absolute atomic E-state index is 9.41. The summed E-state index contributed by atoms with van der Waals surface area (Å²) >= 11 is 0. The summed E-state index contributed by atoms with van der Waals surface area (Å²) in [7, 11) is 0. The number of nitriles is 1. The zero-order valence-corrected chi connectivity index (χ0v) is 10.4. The number of rotatable bonds is 2. The molecule has 1 aromatic rings. The van der Waals surface area contributed by atoms with Crippen molar-refractivity contribution in [2.45, 2.75) is 19.9 Å². The highest BCUT2D eigenvalue weighted by atomic mass is 16.5. The molecule has 1 heterocycles. The number of hydrogen-bond acceptors (Lipinski definition) is 3. The predicted molar refractivity (Wildman–Crippen MR) is 66.7 cm³/mol. The van der Waals surface area contributed by atoms with Gasteiger partial charge in [-0.3, -0.25) is 4.90 Å². The Labute approximate surface area is 103 Å². The molecule has 0 spiro atoms. The lowest BCUT2D eigenvalue weighted by Gasteiger charge is -2.31. The van der Waals surface area contributed by atoms with Gasteiger partial charge in [0.05, 0.1) is 19.3 Å². The monoisotopic (exact) mass is 230 g/mol. The van der Waals surface area contributed by atoms with Crippen LogP contribution in [-0.4, -0.2) is 31.2 Å². The number of benzene rings is 1. The molecule has 3 nitrogen and oxygen atoms in total. The second-order valence-electron chi connectivity index (χ2n) is 4.47. The van der Waals surface area contributed by atoms with Crippen molar-refractivity contribution in [3.8, 4) is 6.07 Å². The smallest absolute Gasteiger partial charge is 0.124 e. The molecule has 0 N–H and O–H groups in total. The Balaban J connectivity index is 2.29. The number of ether oxygens (including phenoxy) is 1. The Bertz CT molecular complexity index is 430. The molecule has 0 amide bonds. The van der Waals surface area contributed by atoms with E-state index in [2.05, 4.69) is 36.9 Å². The summed E-state index contributed by atoms with van der Waals surface area (Å²) in [6, 6.07) is 8.47. The summed E-state index contributed by atoms with van der Waals surface area (Å²) in [5.74, 6) is 0. The molecule has 17 heavy (non-hydrogen) atoms. The third-order valence-electron chi connectivity index (χ3n) is 3.47. The second-order valence-corrected chi connectivity index (χ2v) is 4.47. The van der Waals surface area contributed by atoms with Crippen molar-refractivity contribution in [3.05, 3.63) is 34.9 Å². The Morgan fingerprint density at radius 2 is 2.00 bits per heavy atom. The van der Waals surface area contributed by atoms with E-state index in [-0.39, 0.29) is 6.04 Å². The van der Waals surface area contributed by atoms with Crippen molar-refractivity contribution in [2.75, 3.05) is 26.3 Å². The van der Waals surface area contributed by atoms with Gasteiger partial charge in [0, 0.05) is 13.1 Å². The molecule has 1 aliphatic heterocycles. The lowest BCUT2D eigenvalue weighted by molar-refractivity contribution is 0.0265. The zero-order chi connectivity index (χ0) is 12.3. The SMILES string of the molecule is Cc1cccc(C(C#N)N2CCOCC2)c1C. The first-order chi connectivity index (χ1) is 8.24. The molecule has 1 aromatic carbocycles. The molecule has 1 atom stereocenters. The predicted octanol–water partition coefficient (Wildman–Crippen LogP) is 2.20. The van der Waals surface area contributed by atoms with E-state index in [0.717, 1.165) is 31.9 Å². The van der Waals surface area contributed by atoms with Gasteiger partial charge in [-0.15, -0.1) is 0 Å². The maximum Gasteiger partial charge on any atom is 0.124 e. The summed E-state index contributed by atoms with van der Waals surface area (Å²) in [5, 5.41) is 9.41. The molecule has 0 aliphatic carbocycles. The molecule has 3 heteroatoms. The molecule has 1 unspecified atom stereocenters. The minimum atomic E-state index is -0.140. The fourth-order valence-corrected chi connectivity index (χ4v) is 2.25. The first-order valence-electron chi connectivity index (χ1n) is 6.01. The van der Waals surface area contributed by atoms with E-state index in [1.165, 1.54) is 11.1 Å². The standard InChI is InChI=1S/C14H18N2O/c1-11-4-3-5-13(12(11)2)14(10-15)16-6-8-17-9-7-16/h3-5,14H,6-9H2,1-2H3. The van der Waals surface area contributed by atoms with E-state index in [9.17, 15) is 5.26 Å². The van der Waals surface area contributed by atoms with Gasteiger partial charge in [-0.25, -0.2) is 0 Å². The molecule has 1 saturated heterocycles. The first kappa shape index (κ1) is 12.1. The summed E-state index contributed by atoms with van der Waals surface area (Å²) in [4.78, 5) is 2.20. The molecule has 1 fully saturated rings. The topological polar surface area (TPSA) is 36.3 Å². The van der Waals surface area contributed by atoms with Gasteiger partial charge < -0.3 is 4.74 Å². The maximum atomic E-state index is 9.41. The van der Waals surface area contributed by atoms with E-state index >= 15 is 0 Å². The van der Waals surface area contributed by atoms with E-state index in [1.807, 2.05) is 6.07 Å². The van der Waals surface area contributed by atoms with Crippen molar-refractivity contribution in [1.82, 2.24) is 4.90 Å². The average Bonchev–Trinajstić information content (AvgIpc) is 2.37. The Kier molecular flexibility index (Phi) is 3.78. The lowest BCUT2D eigenvalue weighted by atomic mass is 9.97. The van der Waals surface area contributed by atoms with Crippen LogP contribution in [0.2, 0.25) is 0 Å². The van der Waals surface area contributed by atoms with E-state index in [4.69, 9.17) is 4.74 Å². The zero-order valence-electron chi connectivity index (χ0n) is 10.4. The largest absolute Gasteiger partial charge is 0.379 e. The van der Waals surface area contributed by atoms with Gasteiger partial charge in [0.1, 0.15) is 6.04 Å². The summed E-state index contributed by atoms with van der Waals surface area (Å²) < 4.78 is 5.33. The quantitative estimate of drug-likeness (QED) is 0.781. The highest BCUT2D eigenvalue weighted by molar-refractivity contribution is 5.37. The third kappa shape index (κ3) is 2.49. The van der Waals surface area contributed by atoms with Crippen molar-refractivity contribution in [1.29, 1.82) is 5.26 Å². The van der Waals surface area contributed by atoms with Crippen molar-refractivity contribution in [2.24, 2.45) is 0 Å². The van der Waals surface area contributed by atoms with E-state index < -0.39 is 0 Å². The van der Waals surface area contributed by atoms with Crippen LogP contribution in [0, 0.1) is 25.2 Å². The van der Waals surface area contributed by atoms with E-state index in [0.29, 0.717) is 0 Å². The fraction of sp³-hybridized carbons (Fsp3) is 0.500. The number of hydrogen-bond donors (Lipinski definition) is 0. The van der Waals surface area contributed by atoms with Gasteiger partial charge in [0.15, 0.2) is 0 Å². The molecule has 1 aliphatic rings. The van der Waals surface area contributed by atoms with Gasteiger partial charge in [-0.1, -0.05) is 18.2 Å². The molecular formula is C14H18N2O. The molecule has 0 radical (unpaired) electrons. The van der Waals surface area contributed by atoms with E-state index in [1.54, 1.807) is 0 Å². The van der Waals surface area contributed by atoms with Crippen molar-refractivity contribution in [3.63, 3.8) is 0 Å². The third-order valence-corrected chi connectivity index (χ3v) is 3.47. The van der Waals surface area contributed by atoms with Gasteiger partial charge in [-0.2, -0.15) is 5.26 Å². The van der Waals surface area contributed by atoms with Gasteiger partial charge >= 0.3 is 0 Å². The lowest BCUT2D eigenvalue weighted by Crippen LogP contribution is -2.38. The Morgan fingerprint density at radius 3 is 2.65 bits per heavy atom. The fourth-order valence-electron chi connectivity index (χ4n) is 2.25. The number of aryl methyl sites for hydroxylation is 1. The molecule has 2 rings (SSSR count). The van der Waals surface area contributed by atoms with Crippen LogP contribution in [0.3, 0.4) is 0 Å². The minimum Gasteiger partial charge on any atom is -0.379 e. The average molecular weight is 230 g/mol. The second kappa shape index (κ2) is 5.31. The van der Waals surface area contributed by atoms with Crippen LogP contribution in [0.25, 0.3) is 0 Å². The Morgan fingerprint density at radius 1 is 1.29 bits per heavy atom. The molecule has 90 valence electrons. The molecule has 0 saturated carbocycles. The van der Waals surface area contributed by atoms with Crippen LogP contribution in [0.4, 0.5) is 0 Å². The highest BCUT2D eigenvalue weighted by Gasteiger charge is 2.23. The highest BCUT2D eigenvalue weighted by Crippen LogP contribution is 2.25. The Hall–Kier alpha value is -1.37. The first-order valence-corrected chi connectivity index (χ1v) is 6.01. The molecule has 0 bridgehead atoms. The van der Waals surface area contributed by atoms with Gasteiger partial charge in [-0.05, 0) is 30.5 Å². The summed E-state index contributed by atoms with van der Waals surface area (Å²) in [6.07, 6.45) is 0. The molecule has 0 aromatic heterocycles. The number of morpholine rings is 1. The van der Waals surface area contributed by atoms with Gasteiger partial charge in [0.2, 0.25) is 0 Å². The van der Waals surface area contributed by atoms with Crippen LogP contribution in [0.5, 0.6) is 0 Å². The normalized spacial score (nSPS) is 18.6. The van der Waals surface area contributed by atoms with Crippen LogP contribution in [-0.2, 0) is 4.74 Å². The van der Waals surface area contributed by atoms with Crippen LogP contribution in [0.1, 0.15) is 22.7 Å². The molecular weight excluding hydrogens is 212 g/mol. The van der Waals surface area contributed by atoms with Crippen LogP contribution < -0.4 is 0 Å². The summed E-state index contributed by atoms with van der Waals surface area (Å²) in [5.41, 5.74) is 3.61. The van der Waals surface area contributed by atoms with Gasteiger partial charge in [0.25, 0.3) is 0 Å². The minimum absolute atomic E-state index is 0.140. The number of nitrogens with zero attached hydrogens (tertiary/aromatic N) is 2. The van der Waals surface area contributed by atoms with Crippen LogP contribution in [0.15, 0.2) is 18.2 Å². The summed E-state index contributed by atoms with van der Waals surface area (Å²) in [6.45, 7) is 7.31. The van der Waals surface area contributed by atoms with Crippen molar-refractivity contribution < 1.29 is 4.74 Å². The van der Waals surface area contributed by atoms with Crippen LogP contribution >= 0.6 is 0 Å². The van der Waals surface area contributed by atoms with Crippen molar-refractivity contribution >= 4 is 0 Å².